The number of hydrogen-bond acceptors (Lipinski definition) is 5. The highest BCUT2D eigenvalue weighted by Crippen LogP contribution is 2.24. The minimum Gasteiger partial charge on any atom is -0.369 e. The number of pyridine rings is 1. The number of urea groups is 1. The van der Waals surface area contributed by atoms with Crippen LogP contribution in [0.2, 0.25) is 0 Å². The third kappa shape index (κ3) is 4.80. The van der Waals surface area contributed by atoms with Crippen molar-refractivity contribution >= 4 is 28.8 Å². The maximum atomic E-state index is 11.3. The van der Waals surface area contributed by atoms with Gasteiger partial charge >= 0.3 is 6.03 Å². The van der Waals surface area contributed by atoms with Crippen LogP contribution in [0.4, 0.5) is 16.4 Å². The Morgan fingerprint density at radius 1 is 1.06 bits per heavy atom. The molecule has 2 amide bonds. The van der Waals surface area contributed by atoms with Crippen molar-refractivity contribution in [3.63, 3.8) is 0 Å². The lowest BCUT2D eigenvalue weighted by atomic mass is 10.1. The van der Waals surface area contributed by atoms with Crippen molar-refractivity contribution in [3.05, 3.63) is 47.7 Å². The second-order valence-electron chi connectivity index (χ2n) is 8.18. The quantitative estimate of drug-likeness (QED) is 0.572. The first-order chi connectivity index (χ1) is 15.0. The number of aryl methyl sites for hydroxylation is 2. The molecule has 3 aromatic rings. The van der Waals surface area contributed by atoms with Gasteiger partial charge in [-0.05, 0) is 62.6 Å². The predicted octanol–water partition coefficient (Wildman–Crippen LogP) is 3.14. The van der Waals surface area contributed by atoms with Gasteiger partial charge in [-0.1, -0.05) is 12.1 Å². The molecule has 1 fully saturated rings. The Morgan fingerprint density at radius 2 is 1.84 bits per heavy atom. The molecule has 0 saturated carbocycles. The van der Waals surface area contributed by atoms with Crippen LogP contribution in [-0.2, 0) is 6.54 Å². The van der Waals surface area contributed by atoms with Gasteiger partial charge in [-0.25, -0.2) is 14.8 Å². The van der Waals surface area contributed by atoms with E-state index in [1.165, 1.54) is 16.8 Å². The molecule has 8 heteroatoms. The topological polar surface area (TPSA) is 92.3 Å². The molecule has 1 aliphatic heterocycles. The lowest BCUT2D eigenvalue weighted by Crippen LogP contribution is -2.46. The molecule has 164 valence electrons. The lowest BCUT2D eigenvalue weighted by Gasteiger charge is -2.37. The largest absolute Gasteiger partial charge is 0.369 e. The Bertz CT molecular complexity index is 1050. The van der Waals surface area contributed by atoms with E-state index in [9.17, 15) is 4.79 Å². The molecule has 4 rings (SSSR count). The third-order valence-corrected chi connectivity index (χ3v) is 6.13. The second kappa shape index (κ2) is 9.34. The van der Waals surface area contributed by atoms with Crippen LogP contribution >= 0.6 is 0 Å². The van der Waals surface area contributed by atoms with Crippen molar-refractivity contribution in [2.45, 2.75) is 33.2 Å². The summed E-state index contributed by atoms with van der Waals surface area (Å²) in [7, 11) is 0. The minimum absolute atomic E-state index is 0.461. The maximum absolute atomic E-state index is 11.3. The van der Waals surface area contributed by atoms with Crippen LogP contribution in [0.3, 0.4) is 0 Å². The summed E-state index contributed by atoms with van der Waals surface area (Å²) < 4.78 is 1.94. The van der Waals surface area contributed by atoms with Crippen LogP contribution in [0.5, 0.6) is 0 Å². The summed E-state index contributed by atoms with van der Waals surface area (Å²) in [4.78, 5) is 25.2. The van der Waals surface area contributed by atoms with E-state index in [4.69, 9.17) is 5.73 Å². The summed E-state index contributed by atoms with van der Waals surface area (Å²) >= 11 is 0. The molecular formula is C23H31N7O. The number of anilines is 2. The first kappa shape index (κ1) is 21.1. The van der Waals surface area contributed by atoms with Gasteiger partial charge in [0.05, 0.1) is 0 Å². The van der Waals surface area contributed by atoms with Gasteiger partial charge in [-0.15, -0.1) is 0 Å². The van der Waals surface area contributed by atoms with Gasteiger partial charge < -0.3 is 10.6 Å². The summed E-state index contributed by atoms with van der Waals surface area (Å²) in [6, 6.07) is 9.68. The predicted molar refractivity (Wildman–Crippen MR) is 125 cm³/mol. The molecule has 1 saturated heterocycles. The Hall–Kier alpha value is -3.13. The van der Waals surface area contributed by atoms with Gasteiger partial charge in [0, 0.05) is 44.6 Å². The number of nitrogens with one attached hydrogen (secondary N) is 1. The molecule has 1 aromatic carbocycles. The summed E-state index contributed by atoms with van der Waals surface area (Å²) in [6.45, 7) is 10.5. The highest BCUT2D eigenvalue weighted by atomic mass is 16.2. The van der Waals surface area contributed by atoms with E-state index in [0.29, 0.717) is 5.95 Å². The number of primary amides is 1. The number of carbonyl (C=O) groups is 1. The summed E-state index contributed by atoms with van der Waals surface area (Å²) in [6.07, 6.45) is 3.79. The molecule has 0 unspecified atom stereocenters. The number of imidazole rings is 1. The van der Waals surface area contributed by atoms with Gasteiger partial charge in [0.25, 0.3) is 0 Å². The monoisotopic (exact) mass is 421 g/mol. The fourth-order valence-corrected chi connectivity index (χ4v) is 4.27. The molecule has 2 aromatic heterocycles. The average molecular weight is 422 g/mol. The second-order valence-corrected chi connectivity index (χ2v) is 8.18. The highest BCUT2D eigenvalue weighted by molar-refractivity contribution is 5.88. The number of nitrogens with zero attached hydrogens (tertiary/aromatic N) is 5. The Balaban J connectivity index is 1.28. The number of benzene rings is 1. The number of nitrogens with two attached hydrogens (primary N) is 1. The fourth-order valence-electron chi connectivity index (χ4n) is 4.27. The molecule has 0 atom stereocenters. The molecule has 8 nitrogen and oxygen atoms in total. The standard InChI is InChI=1S/C23H31N7O/c1-17-7-5-9-20(18(17)2)29-15-13-28(14-16-29)11-3-4-12-30-21-19(8-6-10-25-21)26-23(30)27-22(24)31/h5-10H,3-4,11-16H2,1-2H3,(H3,24,26,27,31). The average Bonchev–Trinajstić information content (AvgIpc) is 3.10. The van der Waals surface area contributed by atoms with Crippen molar-refractivity contribution in [1.82, 2.24) is 19.4 Å². The van der Waals surface area contributed by atoms with Gasteiger partial charge in [0.15, 0.2) is 5.65 Å². The van der Waals surface area contributed by atoms with E-state index in [1.807, 2.05) is 16.7 Å². The number of piperazine rings is 1. The van der Waals surface area contributed by atoms with Crippen molar-refractivity contribution < 1.29 is 4.79 Å². The van der Waals surface area contributed by atoms with E-state index >= 15 is 0 Å². The van der Waals surface area contributed by atoms with E-state index in [0.717, 1.165) is 63.3 Å². The normalized spacial score (nSPS) is 14.8. The van der Waals surface area contributed by atoms with Crippen LogP contribution in [0.25, 0.3) is 11.2 Å². The van der Waals surface area contributed by atoms with Crippen molar-refractivity contribution in [1.29, 1.82) is 0 Å². The number of amides is 2. The summed E-state index contributed by atoms with van der Waals surface area (Å²) in [5.41, 5.74) is 10.9. The van der Waals surface area contributed by atoms with E-state index in [1.54, 1.807) is 6.20 Å². The first-order valence-corrected chi connectivity index (χ1v) is 10.9. The van der Waals surface area contributed by atoms with Gasteiger partial charge in [0.1, 0.15) is 5.52 Å². The molecular weight excluding hydrogens is 390 g/mol. The Kier molecular flexibility index (Phi) is 6.36. The molecule has 3 N–H and O–H groups in total. The fraction of sp³-hybridized carbons (Fsp3) is 0.435. The lowest BCUT2D eigenvalue weighted by molar-refractivity contribution is 0.251. The van der Waals surface area contributed by atoms with Crippen LogP contribution < -0.4 is 16.0 Å². The number of rotatable bonds is 7. The Labute approximate surface area is 183 Å². The highest BCUT2D eigenvalue weighted by Gasteiger charge is 2.19. The molecule has 1 aliphatic rings. The zero-order chi connectivity index (χ0) is 21.8. The van der Waals surface area contributed by atoms with E-state index in [2.05, 4.69) is 57.1 Å². The molecule has 0 aliphatic carbocycles. The number of fused-ring (bicyclic) bond motifs is 1. The minimum atomic E-state index is -0.613. The summed E-state index contributed by atoms with van der Waals surface area (Å²) in [5, 5.41) is 2.62. The maximum Gasteiger partial charge on any atom is 0.318 e. The molecule has 0 radical (unpaired) electrons. The zero-order valence-corrected chi connectivity index (χ0v) is 18.3. The molecule has 31 heavy (non-hydrogen) atoms. The van der Waals surface area contributed by atoms with E-state index < -0.39 is 6.03 Å². The number of aromatic nitrogens is 3. The Morgan fingerprint density at radius 3 is 2.61 bits per heavy atom. The number of unbranched alkanes of at least 4 members (excludes halogenated alkanes) is 1. The number of hydrogen-bond donors (Lipinski definition) is 2. The van der Waals surface area contributed by atoms with Crippen molar-refractivity contribution in [3.8, 4) is 0 Å². The van der Waals surface area contributed by atoms with Gasteiger partial charge in [0.2, 0.25) is 5.95 Å². The van der Waals surface area contributed by atoms with Gasteiger partial charge in [-0.3, -0.25) is 14.8 Å². The zero-order valence-electron chi connectivity index (χ0n) is 18.3. The molecule has 0 spiro atoms. The first-order valence-electron chi connectivity index (χ1n) is 10.9. The smallest absolute Gasteiger partial charge is 0.318 e. The summed E-state index contributed by atoms with van der Waals surface area (Å²) in [5.74, 6) is 0.461. The van der Waals surface area contributed by atoms with Crippen molar-refractivity contribution in [2.24, 2.45) is 5.73 Å². The van der Waals surface area contributed by atoms with Crippen LogP contribution in [0.1, 0.15) is 24.0 Å². The number of carbonyl (C=O) groups excluding carboxylic acids is 1. The van der Waals surface area contributed by atoms with E-state index in [-0.39, 0.29) is 0 Å². The SMILES string of the molecule is Cc1cccc(N2CCN(CCCCn3c(NC(N)=O)nc4cccnc43)CC2)c1C. The van der Waals surface area contributed by atoms with Crippen LogP contribution in [0, 0.1) is 13.8 Å². The molecule has 0 bridgehead atoms. The van der Waals surface area contributed by atoms with Crippen molar-refractivity contribution in [2.75, 3.05) is 42.9 Å². The third-order valence-electron chi connectivity index (χ3n) is 6.13. The van der Waals surface area contributed by atoms with Crippen LogP contribution in [-0.4, -0.2) is 58.2 Å². The van der Waals surface area contributed by atoms with Crippen LogP contribution in [0.15, 0.2) is 36.5 Å². The van der Waals surface area contributed by atoms with Gasteiger partial charge in [-0.2, -0.15) is 0 Å². The molecule has 3 heterocycles.